The highest BCUT2D eigenvalue weighted by Gasteiger charge is 2.36. The number of hydrogen-bond acceptors (Lipinski definition) is 9. The zero-order valence-electron chi connectivity index (χ0n) is 20.1. The Morgan fingerprint density at radius 2 is 1.89 bits per heavy atom. The van der Waals surface area contributed by atoms with E-state index in [4.69, 9.17) is 4.74 Å². The number of ether oxygens (including phenoxy) is 1. The van der Waals surface area contributed by atoms with E-state index in [2.05, 4.69) is 35.9 Å². The van der Waals surface area contributed by atoms with Crippen LogP contribution in [0.25, 0.3) is 0 Å². The van der Waals surface area contributed by atoms with Crippen LogP contribution in [0.1, 0.15) is 45.2 Å². The van der Waals surface area contributed by atoms with Gasteiger partial charge in [0, 0.05) is 5.69 Å². The van der Waals surface area contributed by atoms with Gasteiger partial charge >= 0.3 is 0 Å². The van der Waals surface area contributed by atoms with Gasteiger partial charge < -0.3 is 25.8 Å². The highest BCUT2D eigenvalue weighted by atomic mass is 19.1. The summed E-state index contributed by atoms with van der Waals surface area (Å²) in [6.45, 7) is 3.32. The number of nitrogens with one attached hydrogen (secondary N) is 3. The van der Waals surface area contributed by atoms with Gasteiger partial charge in [0.1, 0.15) is 5.82 Å². The highest BCUT2D eigenvalue weighted by Crippen LogP contribution is 2.33. The van der Waals surface area contributed by atoms with Gasteiger partial charge in [-0.05, 0) is 76.1 Å². The molecule has 0 radical (unpaired) electrons. The van der Waals surface area contributed by atoms with Crippen molar-refractivity contribution in [3.63, 3.8) is 0 Å². The molecule has 1 saturated carbocycles. The summed E-state index contributed by atoms with van der Waals surface area (Å²) in [7, 11) is 0. The lowest BCUT2D eigenvalue weighted by atomic mass is 9.84. The molecule has 1 aliphatic carbocycles. The molecule has 4 N–H and O–H groups in total. The second-order valence-electron chi connectivity index (χ2n) is 9.67. The monoisotopic (exact) mass is 493 g/mol. The van der Waals surface area contributed by atoms with E-state index in [0.29, 0.717) is 17.4 Å². The topological polar surface area (TPSA) is 134 Å². The highest BCUT2D eigenvalue weighted by molar-refractivity contribution is 5.99. The number of pyridine rings is 2. The Hall–Kier alpha value is -3.86. The third-order valence-electron chi connectivity index (χ3n) is 6.39. The molecule has 0 bridgehead atoms. The molecule has 11 heteroatoms. The number of aliphatic hydroxyl groups is 1. The molecule has 3 aromatic rings. The van der Waals surface area contributed by atoms with Crippen LogP contribution in [0.3, 0.4) is 0 Å². The minimum atomic E-state index is -1.00. The first-order chi connectivity index (χ1) is 17.2. The number of carbonyl (C=O) groups excluding carboxylic acids is 1. The third kappa shape index (κ3) is 5.35. The van der Waals surface area contributed by atoms with Crippen molar-refractivity contribution < 1.29 is 19.0 Å². The zero-order valence-corrected chi connectivity index (χ0v) is 20.1. The number of fused-ring (bicyclic) bond motifs is 1. The Balaban J connectivity index is 1.25. The predicted octanol–water partition coefficient (Wildman–Crippen LogP) is 4.10. The average molecular weight is 494 g/mol. The zero-order chi connectivity index (χ0) is 25.3. The molecule has 0 saturated heterocycles. The fraction of sp³-hybridized carbons (Fsp3) is 0.400. The van der Waals surface area contributed by atoms with Crippen molar-refractivity contribution in [2.75, 3.05) is 16.0 Å². The quantitative estimate of drug-likeness (QED) is 0.400. The van der Waals surface area contributed by atoms with Gasteiger partial charge in [0.05, 0.1) is 24.2 Å². The van der Waals surface area contributed by atoms with E-state index in [1.54, 1.807) is 32.2 Å². The number of anilines is 5. The molecule has 0 spiro atoms. The Labute approximate surface area is 207 Å². The normalized spacial score (nSPS) is 20.6. The first kappa shape index (κ1) is 23.9. The Morgan fingerprint density at radius 1 is 1.08 bits per heavy atom. The Kier molecular flexibility index (Phi) is 6.40. The van der Waals surface area contributed by atoms with E-state index in [-0.39, 0.29) is 35.4 Å². The fourth-order valence-electron chi connectivity index (χ4n) is 4.30. The van der Waals surface area contributed by atoms with Gasteiger partial charge in [0.2, 0.25) is 5.95 Å². The van der Waals surface area contributed by atoms with Gasteiger partial charge in [-0.25, -0.2) is 14.4 Å². The smallest absolute Gasteiger partial charge is 0.269 e. The molecule has 188 valence electrons. The molecule has 1 aliphatic heterocycles. The summed E-state index contributed by atoms with van der Waals surface area (Å²) in [6, 6.07) is 7.09. The van der Waals surface area contributed by atoms with Crippen molar-refractivity contribution in [3.8, 4) is 5.75 Å². The van der Waals surface area contributed by atoms with Gasteiger partial charge in [-0.3, -0.25) is 9.78 Å². The summed E-state index contributed by atoms with van der Waals surface area (Å²) in [5.74, 6) is 0.613. The third-order valence-corrected chi connectivity index (χ3v) is 6.39. The van der Waals surface area contributed by atoms with E-state index in [9.17, 15) is 14.3 Å². The summed E-state index contributed by atoms with van der Waals surface area (Å²) in [6.07, 6.45) is 7.20. The van der Waals surface area contributed by atoms with Crippen LogP contribution in [0, 0.1) is 11.7 Å². The number of carbonyl (C=O) groups is 1. The largest absolute Gasteiger partial charge is 0.474 e. The Morgan fingerprint density at radius 3 is 2.64 bits per heavy atom. The van der Waals surface area contributed by atoms with Crippen LogP contribution in [-0.4, -0.2) is 42.7 Å². The van der Waals surface area contributed by atoms with E-state index in [1.807, 2.05) is 12.1 Å². The summed E-state index contributed by atoms with van der Waals surface area (Å²) in [4.78, 5) is 29.2. The van der Waals surface area contributed by atoms with Crippen LogP contribution in [-0.2, 0) is 11.2 Å². The first-order valence-corrected chi connectivity index (χ1v) is 12.0. The molecule has 3 aromatic heterocycles. The maximum Gasteiger partial charge on any atom is 0.269 e. The SMILES string of the molecule is CC1(C)Oc2ccc(Nc3nc(Nc4ccc(CC5CCC(O)CC5)nc4)ncc3F)nc2NC1=O. The molecule has 0 unspecified atom stereocenters. The number of aliphatic hydroxyl groups excluding tert-OH is 1. The van der Waals surface area contributed by atoms with Crippen LogP contribution in [0.5, 0.6) is 5.75 Å². The van der Waals surface area contributed by atoms with Crippen molar-refractivity contribution in [1.82, 2.24) is 19.9 Å². The minimum Gasteiger partial charge on any atom is -0.474 e. The van der Waals surface area contributed by atoms with Gasteiger partial charge in [-0.1, -0.05) is 0 Å². The maximum absolute atomic E-state index is 14.4. The van der Waals surface area contributed by atoms with Crippen LogP contribution < -0.4 is 20.7 Å². The fourth-order valence-corrected chi connectivity index (χ4v) is 4.30. The van der Waals surface area contributed by atoms with E-state index < -0.39 is 11.4 Å². The molecule has 5 rings (SSSR count). The van der Waals surface area contributed by atoms with Crippen molar-refractivity contribution in [1.29, 1.82) is 0 Å². The predicted molar refractivity (Wildman–Crippen MR) is 132 cm³/mol. The van der Waals surface area contributed by atoms with Crippen LogP contribution in [0.15, 0.2) is 36.7 Å². The van der Waals surface area contributed by atoms with E-state index in [0.717, 1.165) is 44.0 Å². The van der Waals surface area contributed by atoms with Crippen molar-refractivity contribution in [3.05, 3.63) is 48.2 Å². The molecule has 36 heavy (non-hydrogen) atoms. The van der Waals surface area contributed by atoms with Gasteiger partial charge in [0.25, 0.3) is 5.91 Å². The molecule has 0 aromatic carbocycles. The lowest BCUT2D eigenvalue weighted by Gasteiger charge is -2.30. The Bertz CT molecular complexity index is 1260. The van der Waals surface area contributed by atoms with E-state index in [1.165, 1.54) is 0 Å². The molecular formula is C25H28FN7O3. The molecule has 2 aliphatic rings. The molecule has 0 atom stereocenters. The van der Waals surface area contributed by atoms with Crippen molar-refractivity contribution >= 4 is 35.0 Å². The minimum absolute atomic E-state index is 0.0765. The maximum atomic E-state index is 14.4. The molecule has 1 amide bonds. The second kappa shape index (κ2) is 9.65. The lowest BCUT2D eigenvalue weighted by molar-refractivity contribution is -0.129. The second-order valence-corrected chi connectivity index (χ2v) is 9.67. The van der Waals surface area contributed by atoms with E-state index >= 15 is 0 Å². The number of nitrogens with zero attached hydrogens (tertiary/aromatic N) is 4. The molecule has 4 heterocycles. The van der Waals surface area contributed by atoms with Gasteiger partial charge in [0.15, 0.2) is 28.8 Å². The number of halogens is 1. The van der Waals surface area contributed by atoms with Crippen LogP contribution >= 0.6 is 0 Å². The van der Waals surface area contributed by atoms with Gasteiger partial charge in [-0.2, -0.15) is 4.98 Å². The molecule has 1 fully saturated rings. The van der Waals surface area contributed by atoms with Crippen molar-refractivity contribution in [2.24, 2.45) is 5.92 Å². The lowest BCUT2D eigenvalue weighted by Crippen LogP contribution is -2.46. The average Bonchev–Trinajstić information content (AvgIpc) is 2.85. The van der Waals surface area contributed by atoms with Crippen molar-refractivity contribution in [2.45, 2.75) is 57.7 Å². The summed E-state index contributed by atoms with van der Waals surface area (Å²) in [5.41, 5.74) is 0.655. The summed E-state index contributed by atoms with van der Waals surface area (Å²) in [5, 5.41) is 18.2. The standard InChI is InChI=1S/C25H28FN7O3/c1-25(2)23(35)32-22-19(36-25)9-10-20(31-22)30-21-18(26)13-28-24(33-21)29-16-6-5-15(27-12-16)11-14-3-7-17(34)8-4-14/h5-6,9-10,12-14,17,34H,3-4,7-8,11H2,1-2H3,(H3,28,29,30,31,32,33,35). The van der Waals surface area contributed by atoms with Crippen LogP contribution in [0.4, 0.5) is 33.5 Å². The molecular weight excluding hydrogens is 465 g/mol. The molecule has 10 nitrogen and oxygen atoms in total. The van der Waals surface area contributed by atoms with Gasteiger partial charge in [-0.15, -0.1) is 0 Å². The summed E-state index contributed by atoms with van der Waals surface area (Å²) < 4.78 is 20.1. The number of hydrogen-bond donors (Lipinski definition) is 4. The number of aromatic nitrogens is 4. The number of rotatable bonds is 6. The first-order valence-electron chi connectivity index (χ1n) is 12.0. The van der Waals surface area contributed by atoms with Crippen LogP contribution in [0.2, 0.25) is 0 Å². The summed E-state index contributed by atoms with van der Waals surface area (Å²) >= 11 is 0. The number of amides is 1.